The molecule has 4 heteroatoms. The molecule has 0 radical (unpaired) electrons. The Morgan fingerprint density at radius 3 is 1.97 bits per heavy atom. The number of allylic oxidation sites excluding steroid dienone is 5. The number of hydrogen-bond acceptors (Lipinski definition) is 0. The van der Waals surface area contributed by atoms with E-state index < -0.39 is 17.4 Å². The molecule has 0 fully saturated rings. The van der Waals surface area contributed by atoms with Crippen LogP contribution >= 0.6 is 24.8 Å². The van der Waals surface area contributed by atoms with Crippen LogP contribution in [0.3, 0.4) is 0 Å². The van der Waals surface area contributed by atoms with Gasteiger partial charge in [-0.2, -0.15) is 0 Å². The Bertz CT molecular complexity index is 1240. The second kappa shape index (κ2) is 11.4. The molecule has 0 aliphatic heterocycles. The molecule has 2 atom stereocenters. The Morgan fingerprint density at radius 2 is 1.43 bits per heavy atom. The molecule has 0 heterocycles. The van der Waals surface area contributed by atoms with E-state index in [9.17, 15) is 0 Å². The van der Waals surface area contributed by atoms with Crippen molar-refractivity contribution >= 4 is 37.8 Å². The number of halogens is 2. The van der Waals surface area contributed by atoms with E-state index in [-0.39, 0.29) is 24.8 Å². The van der Waals surface area contributed by atoms with Gasteiger partial charge in [0.05, 0.1) is 0 Å². The largest absolute Gasteiger partial charge is 0.147 e. The molecule has 0 aromatic heterocycles. The first-order chi connectivity index (χ1) is 15.7. The van der Waals surface area contributed by atoms with Gasteiger partial charge in [0.15, 0.2) is 0 Å². The minimum absolute atomic E-state index is 0. The van der Waals surface area contributed by atoms with Crippen LogP contribution in [0.2, 0.25) is 9.26 Å². The monoisotopic (exact) mass is 604 g/mol. The van der Waals surface area contributed by atoms with Gasteiger partial charge in [-0.3, -0.25) is 0 Å². The number of fused-ring (bicyclic) bond motifs is 1. The Kier molecular flexibility index (Phi) is 9.94. The van der Waals surface area contributed by atoms with Crippen molar-refractivity contribution in [1.82, 2.24) is 0 Å². The molecule has 35 heavy (non-hydrogen) atoms. The zero-order valence-electron chi connectivity index (χ0n) is 22.7. The van der Waals surface area contributed by atoms with Gasteiger partial charge in [-0.1, -0.05) is 0 Å². The molecule has 2 aromatic rings. The van der Waals surface area contributed by atoms with Crippen molar-refractivity contribution < 1.29 is 17.4 Å². The smallest absolute Gasteiger partial charge is 0.147 e. The van der Waals surface area contributed by atoms with E-state index in [0.29, 0.717) is 9.54 Å². The predicted molar refractivity (Wildman–Crippen MR) is 162 cm³/mol. The molecule has 0 saturated heterocycles. The van der Waals surface area contributed by atoms with Gasteiger partial charge in [0.1, 0.15) is 0 Å². The van der Waals surface area contributed by atoms with E-state index in [4.69, 9.17) is 0 Å². The van der Waals surface area contributed by atoms with Crippen molar-refractivity contribution in [3.63, 3.8) is 0 Å². The second-order valence-corrected chi connectivity index (χ2v) is 40.7. The topological polar surface area (TPSA) is 0 Å². The van der Waals surface area contributed by atoms with E-state index in [1.165, 1.54) is 42.4 Å². The first-order valence-corrected chi connectivity index (χ1v) is 26.6. The quantitative estimate of drug-likeness (QED) is 0.275. The third-order valence-electron chi connectivity index (χ3n) is 8.52. The Balaban J connectivity index is 0.00000216. The van der Waals surface area contributed by atoms with Gasteiger partial charge in [0.2, 0.25) is 0 Å². The Labute approximate surface area is 229 Å². The van der Waals surface area contributed by atoms with Crippen molar-refractivity contribution in [3.05, 3.63) is 85.2 Å². The molecular weight excluding hydrogens is 563 g/mol. The first kappa shape index (κ1) is 30.6. The summed E-state index contributed by atoms with van der Waals surface area (Å²) in [6.45, 7) is 14.5. The summed E-state index contributed by atoms with van der Waals surface area (Å²) in [7, 11) is 0. The first-order valence-electron chi connectivity index (χ1n) is 13.1. The molecule has 2 aliphatic rings. The molecule has 0 saturated carbocycles. The van der Waals surface area contributed by atoms with Crippen LogP contribution in [0.25, 0.3) is 17.2 Å². The maximum atomic E-state index is 2.77. The van der Waals surface area contributed by atoms with Crippen LogP contribution < -0.4 is 0 Å². The summed E-state index contributed by atoms with van der Waals surface area (Å²) in [4.78, 5) is 0. The summed E-state index contributed by atoms with van der Waals surface area (Å²) in [5.41, 5.74) is 12.6. The summed E-state index contributed by atoms with van der Waals surface area (Å²) >= 11 is -3.42. The molecule has 0 amide bonds. The zero-order valence-corrected chi connectivity index (χ0v) is 28.2. The fraction of sp³-hybridized carbons (Fsp3) is 0.419. The molecule has 4 rings (SSSR count). The van der Waals surface area contributed by atoms with Gasteiger partial charge in [0.25, 0.3) is 0 Å². The van der Waals surface area contributed by atoms with E-state index in [1.54, 1.807) is 27.9 Å². The third-order valence-corrected chi connectivity index (χ3v) is 25.6. The van der Waals surface area contributed by atoms with Crippen LogP contribution in [0.5, 0.6) is 0 Å². The summed E-state index contributed by atoms with van der Waals surface area (Å²) in [6, 6.07) is 18.0. The molecule has 2 aliphatic carbocycles. The van der Waals surface area contributed by atoms with Crippen LogP contribution in [0.4, 0.5) is 0 Å². The average molecular weight is 607 g/mol. The van der Waals surface area contributed by atoms with Crippen molar-refractivity contribution in [2.45, 2.75) is 73.2 Å². The maximum Gasteiger partial charge on any atom is -0.147 e. The summed E-state index contributed by atoms with van der Waals surface area (Å²) in [5.74, 6) is 0.673. The normalized spacial score (nSPS) is 19.8. The van der Waals surface area contributed by atoms with E-state index >= 15 is 0 Å². The fourth-order valence-electron chi connectivity index (χ4n) is 7.58. The summed E-state index contributed by atoms with van der Waals surface area (Å²) in [6.07, 6.45) is 7.37. The second-order valence-electron chi connectivity index (χ2n) is 11.2. The molecule has 2 unspecified atom stereocenters. The van der Waals surface area contributed by atoms with Gasteiger partial charge in [0, 0.05) is 0 Å². The number of rotatable bonds is 7. The van der Waals surface area contributed by atoms with Crippen molar-refractivity contribution in [2.24, 2.45) is 5.92 Å². The molecule has 0 N–H and O–H groups in total. The maximum absolute atomic E-state index is 3.42. The Hall–Kier alpha value is -0.660. The van der Waals surface area contributed by atoms with Crippen molar-refractivity contribution in [3.8, 4) is 11.1 Å². The number of benzene rings is 2. The average Bonchev–Trinajstić information content (AvgIpc) is 3.33. The van der Waals surface area contributed by atoms with Crippen LogP contribution in [0, 0.1) is 5.92 Å². The minimum Gasteiger partial charge on any atom is -0.147 e. The third kappa shape index (κ3) is 4.95. The molecule has 0 spiro atoms. The van der Waals surface area contributed by atoms with Gasteiger partial charge < -0.3 is 0 Å². The SMILES string of the molecule is CCC1=C(CC)C(CC)[C]([Zr]([CH3])([CH3])(=[SiH2])[CH]2C(C)=Cc3c(-c4ccccc4)cccc32)=C1CC.Cl.Cl. The molecule has 0 bridgehead atoms. The summed E-state index contributed by atoms with van der Waals surface area (Å²) in [5, 5.41) is 0. The van der Waals surface area contributed by atoms with E-state index in [1.807, 2.05) is 3.28 Å². The number of hydrogen-bond donors (Lipinski definition) is 0. The van der Waals surface area contributed by atoms with Gasteiger partial charge >= 0.3 is 206 Å². The van der Waals surface area contributed by atoms with Crippen LogP contribution in [-0.2, 0) is 17.4 Å². The van der Waals surface area contributed by atoms with Crippen LogP contribution in [-0.4, -0.2) is 6.88 Å². The molecular formula is C31H44Cl2SiZr. The van der Waals surface area contributed by atoms with Gasteiger partial charge in [-0.25, -0.2) is 0 Å². The zero-order chi connectivity index (χ0) is 24.0. The fourth-order valence-corrected chi connectivity index (χ4v) is 28.1. The van der Waals surface area contributed by atoms with Crippen molar-refractivity contribution in [2.75, 3.05) is 0 Å². The van der Waals surface area contributed by atoms with Crippen LogP contribution in [0.15, 0.2) is 74.1 Å². The predicted octanol–water partition coefficient (Wildman–Crippen LogP) is 9.81. The molecule has 190 valence electrons. The van der Waals surface area contributed by atoms with Crippen LogP contribution in [0.1, 0.15) is 75.1 Å². The van der Waals surface area contributed by atoms with Crippen molar-refractivity contribution in [1.29, 1.82) is 0 Å². The molecule has 0 nitrogen and oxygen atoms in total. The standard InChI is InChI=1S/C16H13.C13H21.2CH3.2ClH.H2Si.Zr/c1-12-10-14-8-5-9-15(16(14)11-12)13-6-3-2-4-7-13;1-5-10-9-11(6-2)13(8-4)12(10)7-3;;;;;;/h2-11H,1H3;10H,5-8H2,1-4H3;2*1H3;2*1H;1H2;. The van der Waals surface area contributed by atoms with E-state index in [2.05, 4.69) is 105 Å². The van der Waals surface area contributed by atoms with Gasteiger partial charge in [-0.05, 0) is 0 Å². The minimum atomic E-state index is -3.42. The molecule has 2 aromatic carbocycles. The van der Waals surface area contributed by atoms with E-state index in [0.717, 1.165) is 0 Å². The van der Waals surface area contributed by atoms with Gasteiger partial charge in [-0.15, -0.1) is 24.8 Å². The Morgan fingerprint density at radius 1 is 0.800 bits per heavy atom. The summed E-state index contributed by atoms with van der Waals surface area (Å²) < 4.78 is 8.07.